The third-order valence-corrected chi connectivity index (χ3v) is 1.44. The summed E-state index contributed by atoms with van der Waals surface area (Å²) in [5, 5.41) is 3.28. The van der Waals surface area contributed by atoms with Crippen molar-refractivity contribution in [3.63, 3.8) is 0 Å². The van der Waals surface area contributed by atoms with Crippen LogP contribution in [0.1, 0.15) is 20.8 Å². The van der Waals surface area contributed by atoms with Gasteiger partial charge in [-0.3, -0.25) is 5.32 Å². The van der Waals surface area contributed by atoms with Crippen LogP contribution in [0.2, 0.25) is 0 Å². The number of ether oxygens (including phenoxy) is 1. The summed E-state index contributed by atoms with van der Waals surface area (Å²) >= 11 is 0. The van der Waals surface area contributed by atoms with E-state index in [9.17, 15) is 0 Å². The van der Waals surface area contributed by atoms with Gasteiger partial charge in [0.2, 0.25) is 0 Å². The number of hydrogen-bond acceptors (Lipinski definition) is 2. The van der Waals surface area contributed by atoms with E-state index in [0.717, 1.165) is 12.5 Å². The second-order valence-electron chi connectivity index (χ2n) is 3.06. The first-order chi connectivity index (χ1) is 4.20. The van der Waals surface area contributed by atoms with E-state index < -0.39 is 0 Å². The summed E-state index contributed by atoms with van der Waals surface area (Å²) in [5.74, 6) is 0.724. The average molecular weight is 129 g/mol. The summed E-state index contributed by atoms with van der Waals surface area (Å²) in [6.45, 7) is 7.53. The number of hydrogen-bond donors (Lipinski definition) is 1. The van der Waals surface area contributed by atoms with Gasteiger partial charge in [0.1, 0.15) is 6.23 Å². The number of nitrogens with one attached hydrogen (secondary N) is 1. The number of epoxide rings is 1. The van der Waals surface area contributed by atoms with Gasteiger partial charge in [0, 0.05) is 0 Å². The Morgan fingerprint density at radius 1 is 1.56 bits per heavy atom. The molecule has 1 aliphatic heterocycles. The van der Waals surface area contributed by atoms with E-state index in [1.807, 2.05) is 0 Å². The monoisotopic (exact) mass is 129 g/mol. The van der Waals surface area contributed by atoms with Gasteiger partial charge in [-0.05, 0) is 19.4 Å². The highest BCUT2D eigenvalue weighted by Gasteiger charge is 2.33. The van der Waals surface area contributed by atoms with Crippen LogP contribution in [0.15, 0.2) is 0 Å². The molecule has 0 radical (unpaired) electrons. The van der Waals surface area contributed by atoms with Gasteiger partial charge >= 0.3 is 0 Å². The molecular weight excluding hydrogens is 114 g/mol. The highest BCUT2D eigenvalue weighted by Crippen LogP contribution is 2.17. The summed E-state index contributed by atoms with van der Waals surface area (Å²) in [5.41, 5.74) is 0. The number of rotatable bonds is 3. The fraction of sp³-hybridized carbons (Fsp3) is 1.00. The molecule has 0 aromatic heterocycles. The molecule has 1 fully saturated rings. The Morgan fingerprint density at radius 3 is 2.44 bits per heavy atom. The van der Waals surface area contributed by atoms with Crippen LogP contribution in [0.3, 0.4) is 0 Å². The first-order valence-corrected chi connectivity index (χ1v) is 3.59. The van der Waals surface area contributed by atoms with Crippen molar-refractivity contribution in [2.24, 2.45) is 5.92 Å². The van der Waals surface area contributed by atoms with Crippen molar-refractivity contribution in [3.05, 3.63) is 0 Å². The molecule has 2 nitrogen and oxygen atoms in total. The van der Waals surface area contributed by atoms with Crippen LogP contribution in [-0.4, -0.2) is 18.9 Å². The summed E-state index contributed by atoms with van der Waals surface area (Å²) in [6, 6.07) is 0. The van der Waals surface area contributed by atoms with Crippen molar-refractivity contribution in [1.29, 1.82) is 0 Å². The minimum atomic E-state index is 0.354. The van der Waals surface area contributed by atoms with Crippen LogP contribution < -0.4 is 5.32 Å². The molecule has 2 unspecified atom stereocenters. The molecule has 2 heteroatoms. The lowest BCUT2D eigenvalue weighted by Crippen LogP contribution is -2.23. The molecule has 2 atom stereocenters. The molecular formula is C7H15NO. The summed E-state index contributed by atoms with van der Waals surface area (Å²) in [4.78, 5) is 0. The zero-order valence-electron chi connectivity index (χ0n) is 6.35. The smallest absolute Gasteiger partial charge is 0.134 e. The lowest BCUT2D eigenvalue weighted by molar-refractivity contribution is 0.342. The molecule has 1 rings (SSSR count). The minimum Gasteiger partial charge on any atom is -0.354 e. The largest absolute Gasteiger partial charge is 0.354 e. The van der Waals surface area contributed by atoms with E-state index in [4.69, 9.17) is 4.74 Å². The fourth-order valence-electron chi connectivity index (χ4n) is 0.752. The fourth-order valence-corrected chi connectivity index (χ4v) is 0.752. The second kappa shape index (κ2) is 2.67. The lowest BCUT2D eigenvalue weighted by Gasteiger charge is -2.02. The summed E-state index contributed by atoms with van der Waals surface area (Å²) < 4.78 is 5.16. The third kappa shape index (κ3) is 2.33. The summed E-state index contributed by atoms with van der Waals surface area (Å²) in [6.07, 6.45) is 0.802. The molecule has 0 bridgehead atoms. The van der Waals surface area contributed by atoms with Crippen LogP contribution >= 0.6 is 0 Å². The predicted molar refractivity (Wildman–Crippen MR) is 37.2 cm³/mol. The molecule has 0 aromatic rings. The van der Waals surface area contributed by atoms with Crippen molar-refractivity contribution in [2.45, 2.75) is 33.1 Å². The van der Waals surface area contributed by atoms with Gasteiger partial charge in [0.25, 0.3) is 0 Å². The average Bonchev–Trinajstić information content (AvgIpc) is 2.42. The molecule has 0 spiro atoms. The van der Waals surface area contributed by atoms with Gasteiger partial charge in [-0.15, -0.1) is 0 Å². The lowest BCUT2D eigenvalue weighted by atomic mass is 10.2. The van der Waals surface area contributed by atoms with E-state index in [-0.39, 0.29) is 0 Å². The third-order valence-electron chi connectivity index (χ3n) is 1.44. The molecule has 1 saturated heterocycles. The maximum absolute atomic E-state index is 5.16. The van der Waals surface area contributed by atoms with Gasteiger partial charge < -0.3 is 4.74 Å². The molecule has 1 aliphatic rings. The van der Waals surface area contributed by atoms with Crippen LogP contribution in [0.25, 0.3) is 0 Å². The molecule has 1 heterocycles. The first-order valence-electron chi connectivity index (χ1n) is 3.59. The SMILES string of the molecule is CC(C)CNC1OC1C. The van der Waals surface area contributed by atoms with E-state index in [0.29, 0.717) is 12.3 Å². The standard InChI is InChI=1S/C7H15NO/c1-5(2)4-8-7-6(3)9-7/h5-8H,4H2,1-3H3. The summed E-state index contributed by atoms with van der Waals surface area (Å²) in [7, 11) is 0. The van der Waals surface area contributed by atoms with Gasteiger partial charge in [-0.2, -0.15) is 0 Å². The highest BCUT2D eigenvalue weighted by atomic mass is 16.6. The van der Waals surface area contributed by atoms with Crippen LogP contribution in [0.4, 0.5) is 0 Å². The Labute approximate surface area is 56.6 Å². The van der Waals surface area contributed by atoms with Crippen molar-refractivity contribution < 1.29 is 4.74 Å². The Balaban J connectivity index is 1.94. The van der Waals surface area contributed by atoms with Gasteiger partial charge in [0.05, 0.1) is 6.10 Å². The van der Waals surface area contributed by atoms with Gasteiger partial charge in [-0.25, -0.2) is 0 Å². The first kappa shape index (κ1) is 7.03. The molecule has 0 aromatic carbocycles. The maximum Gasteiger partial charge on any atom is 0.134 e. The van der Waals surface area contributed by atoms with E-state index >= 15 is 0 Å². The Hall–Kier alpha value is -0.0800. The van der Waals surface area contributed by atoms with E-state index in [2.05, 4.69) is 26.1 Å². The van der Waals surface area contributed by atoms with E-state index in [1.54, 1.807) is 0 Å². The molecule has 0 amide bonds. The molecule has 0 saturated carbocycles. The van der Waals surface area contributed by atoms with Gasteiger partial charge in [0.15, 0.2) is 0 Å². The van der Waals surface area contributed by atoms with Gasteiger partial charge in [-0.1, -0.05) is 13.8 Å². The predicted octanol–water partition coefficient (Wildman–Crippen LogP) is 0.977. The zero-order valence-corrected chi connectivity index (χ0v) is 6.35. The van der Waals surface area contributed by atoms with Crippen LogP contribution in [0, 0.1) is 5.92 Å². The molecule has 0 aliphatic carbocycles. The normalized spacial score (nSPS) is 33.3. The Morgan fingerprint density at radius 2 is 2.11 bits per heavy atom. The molecule has 1 N–H and O–H groups in total. The minimum absolute atomic E-state index is 0.354. The Bertz CT molecular complexity index is 92.9. The van der Waals surface area contributed by atoms with Crippen molar-refractivity contribution in [2.75, 3.05) is 6.54 Å². The van der Waals surface area contributed by atoms with Crippen molar-refractivity contribution >= 4 is 0 Å². The highest BCUT2D eigenvalue weighted by molar-refractivity contribution is 4.77. The maximum atomic E-state index is 5.16. The van der Waals surface area contributed by atoms with E-state index in [1.165, 1.54) is 0 Å². The zero-order chi connectivity index (χ0) is 6.85. The van der Waals surface area contributed by atoms with Crippen LogP contribution in [-0.2, 0) is 4.74 Å². The topological polar surface area (TPSA) is 24.6 Å². The van der Waals surface area contributed by atoms with Crippen molar-refractivity contribution in [3.8, 4) is 0 Å². The van der Waals surface area contributed by atoms with Crippen LogP contribution in [0.5, 0.6) is 0 Å². The molecule has 9 heavy (non-hydrogen) atoms. The Kier molecular flexibility index (Phi) is 2.09. The second-order valence-corrected chi connectivity index (χ2v) is 3.06. The quantitative estimate of drug-likeness (QED) is 0.574. The van der Waals surface area contributed by atoms with Crippen molar-refractivity contribution in [1.82, 2.24) is 5.32 Å². The molecule has 54 valence electrons.